The molecule has 3 aromatic rings. The number of likely N-dealkylation sites (tertiary alicyclic amines) is 1. The Morgan fingerprint density at radius 3 is 2.65 bits per heavy atom. The molecule has 2 aromatic carbocycles. The van der Waals surface area contributed by atoms with Crippen LogP contribution in [0, 0.1) is 5.41 Å². The molecule has 2 N–H and O–H groups in total. The lowest BCUT2D eigenvalue weighted by Gasteiger charge is -2.40. The first-order valence-electron chi connectivity index (χ1n) is 12.2. The molecule has 0 aliphatic carbocycles. The number of carbonyl (C=O) groups is 1. The predicted octanol–water partition coefficient (Wildman–Crippen LogP) is 6.72. The van der Waals surface area contributed by atoms with Crippen LogP contribution in [-0.4, -0.2) is 53.5 Å². The summed E-state index contributed by atoms with van der Waals surface area (Å²) in [5, 5.41) is 11.0. The molecular formula is C27H30Cl2FN3O3S. The molecule has 0 bridgehead atoms. The number of hydroxylamine groups is 1. The van der Waals surface area contributed by atoms with Gasteiger partial charge in [0.2, 0.25) is 5.91 Å². The van der Waals surface area contributed by atoms with Crippen molar-refractivity contribution in [1.29, 1.82) is 0 Å². The molecule has 1 saturated heterocycles. The lowest BCUT2D eigenvalue weighted by Crippen LogP contribution is -2.48. The van der Waals surface area contributed by atoms with Crippen LogP contribution in [0.3, 0.4) is 0 Å². The van der Waals surface area contributed by atoms with Gasteiger partial charge in [-0.05, 0) is 81.2 Å². The fourth-order valence-corrected chi connectivity index (χ4v) is 6.21. The summed E-state index contributed by atoms with van der Waals surface area (Å²) in [6.07, 6.45) is 1.51. The number of halogens is 3. The molecule has 2 heterocycles. The Hall–Kier alpha value is -2.10. The van der Waals surface area contributed by atoms with Gasteiger partial charge >= 0.3 is 0 Å². The van der Waals surface area contributed by atoms with E-state index in [1.807, 2.05) is 29.7 Å². The van der Waals surface area contributed by atoms with Gasteiger partial charge in [-0.2, -0.15) is 0 Å². The highest BCUT2D eigenvalue weighted by Crippen LogP contribution is 2.42. The maximum absolute atomic E-state index is 15.7. The van der Waals surface area contributed by atoms with Gasteiger partial charge in [-0.25, -0.2) is 9.87 Å². The zero-order valence-electron chi connectivity index (χ0n) is 20.6. The number of aromatic nitrogens is 1. The quantitative estimate of drug-likeness (QED) is 0.161. The Morgan fingerprint density at radius 2 is 1.97 bits per heavy atom. The van der Waals surface area contributed by atoms with Crippen molar-refractivity contribution >= 4 is 51.8 Å². The van der Waals surface area contributed by atoms with Gasteiger partial charge < -0.3 is 9.64 Å². The van der Waals surface area contributed by atoms with E-state index in [1.54, 1.807) is 37.1 Å². The second-order valence-corrected chi connectivity index (χ2v) is 11.3. The first kappa shape index (κ1) is 27.9. The number of amides is 1. The molecule has 1 unspecified atom stereocenters. The van der Waals surface area contributed by atoms with Crippen molar-refractivity contribution in [2.24, 2.45) is 5.41 Å². The highest BCUT2D eigenvalue weighted by molar-refractivity contribution is 7.99. The van der Waals surface area contributed by atoms with Crippen molar-refractivity contribution < 1.29 is 19.1 Å². The van der Waals surface area contributed by atoms with Gasteiger partial charge in [0.1, 0.15) is 11.9 Å². The molecule has 1 fully saturated rings. The normalized spacial score (nSPS) is 16.5. The van der Waals surface area contributed by atoms with Crippen LogP contribution in [0.4, 0.5) is 4.39 Å². The van der Waals surface area contributed by atoms with Crippen LogP contribution < -0.4 is 10.2 Å². The summed E-state index contributed by atoms with van der Waals surface area (Å²) < 4.78 is 21.0. The van der Waals surface area contributed by atoms with E-state index in [-0.39, 0.29) is 17.9 Å². The number of alkyl halides is 1. The van der Waals surface area contributed by atoms with Crippen molar-refractivity contribution in [1.82, 2.24) is 15.4 Å². The molecule has 1 atom stereocenters. The smallest absolute Gasteiger partial charge is 0.249 e. The number of pyridine rings is 1. The number of piperidine rings is 1. The van der Waals surface area contributed by atoms with Gasteiger partial charge in [0.25, 0.3) is 0 Å². The fourth-order valence-electron chi connectivity index (χ4n) is 4.90. The lowest BCUT2D eigenvalue weighted by atomic mass is 9.73. The van der Waals surface area contributed by atoms with E-state index in [1.165, 1.54) is 6.20 Å². The molecule has 1 aliphatic heterocycles. The van der Waals surface area contributed by atoms with E-state index in [0.717, 1.165) is 17.2 Å². The van der Waals surface area contributed by atoms with Gasteiger partial charge in [-0.15, -0.1) is 11.8 Å². The molecule has 0 spiro atoms. The van der Waals surface area contributed by atoms with Crippen LogP contribution in [0.2, 0.25) is 10.0 Å². The van der Waals surface area contributed by atoms with Crippen molar-refractivity contribution in [3.8, 4) is 5.75 Å². The summed E-state index contributed by atoms with van der Waals surface area (Å²) in [6, 6.07) is 13.0. The number of fused-ring (bicyclic) bond motifs is 1. The van der Waals surface area contributed by atoms with E-state index in [2.05, 4.69) is 9.88 Å². The van der Waals surface area contributed by atoms with Gasteiger partial charge in [0.05, 0.1) is 23.1 Å². The zero-order valence-corrected chi connectivity index (χ0v) is 22.9. The zero-order chi connectivity index (χ0) is 26.4. The van der Waals surface area contributed by atoms with Gasteiger partial charge in [-0.1, -0.05) is 23.2 Å². The number of thioether (sulfide) groups is 1. The minimum Gasteiger partial charge on any atom is -0.497 e. The van der Waals surface area contributed by atoms with Gasteiger partial charge in [-0.3, -0.25) is 15.0 Å². The Bertz CT molecular complexity index is 1220. The summed E-state index contributed by atoms with van der Waals surface area (Å²) in [4.78, 5) is 20.5. The van der Waals surface area contributed by atoms with Crippen molar-refractivity contribution in [2.75, 3.05) is 32.5 Å². The molecule has 0 saturated carbocycles. The maximum Gasteiger partial charge on any atom is 0.249 e. The molecule has 4 rings (SSSR count). The Labute approximate surface area is 230 Å². The summed E-state index contributed by atoms with van der Waals surface area (Å²) >= 11 is 14.1. The Morgan fingerprint density at radius 1 is 1.24 bits per heavy atom. The minimum absolute atomic E-state index is 0.0931. The first-order chi connectivity index (χ1) is 17.8. The number of ether oxygens (including phenoxy) is 1. The standard InChI is InChI=1S/C27H30Cl2FN3O3S/c1-36-19-4-7-24-21(16-19)25(22(29)17-31-24)23(30)8-9-27(26(34)32-35)10-12-33(13-11-27)14-15-37-20-5-2-18(28)3-6-20/h2-7,16-17,23,35H,8-15H2,1H3,(H,32,34). The largest absolute Gasteiger partial charge is 0.497 e. The predicted molar refractivity (Wildman–Crippen MR) is 147 cm³/mol. The molecule has 198 valence electrons. The summed E-state index contributed by atoms with van der Waals surface area (Å²) in [5.74, 6) is 1.04. The average molecular weight is 567 g/mol. The third-order valence-electron chi connectivity index (χ3n) is 7.14. The maximum atomic E-state index is 15.7. The molecule has 6 nitrogen and oxygen atoms in total. The molecule has 1 aromatic heterocycles. The van der Waals surface area contributed by atoms with Crippen molar-refractivity contribution in [3.63, 3.8) is 0 Å². The third kappa shape index (κ3) is 6.67. The number of hydrogen-bond acceptors (Lipinski definition) is 6. The molecule has 1 aliphatic rings. The molecule has 0 radical (unpaired) electrons. The molecule has 10 heteroatoms. The number of nitrogens with zero attached hydrogens (tertiary/aromatic N) is 2. The van der Waals surface area contributed by atoms with Crippen LogP contribution in [0.1, 0.15) is 37.4 Å². The first-order valence-corrected chi connectivity index (χ1v) is 13.9. The highest BCUT2D eigenvalue weighted by atomic mass is 35.5. The lowest BCUT2D eigenvalue weighted by molar-refractivity contribution is -0.143. The number of carbonyl (C=O) groups excluding carboxylic acids is 1. The van der Waals surface area contributed by atoms with E-state index >= 15 is 4.39 Å². The van der Waals surface area contributed by atoms with E-state index in [9.17, 15) is 10.0 Å². The number of methoxy groups -OCH3 is 1. The second kappa shape index (κ2) is 12.6. The van der Waals surface area contributed by atoms with Crippen molar-refractivity contribution in [2.45, 2.75) is 36.8 Å². The third-order valence-corrected chi connectivity index (χ3v) is 8.69. The van der Waals surface area contributed by atoms with E-state index in [4.69, 9.17) is 27.9 Å². The number of rotatable bonds is 10. The van der Waals surface area contributed by atoms with Crippen LogP contribution in [0.25, 0.3) is 10.9 Å². The van der Waals surface area contributed by atoms with E-state index < -0.39 is 17.5 Å². The van der Waals surface area contributed by atoms with Gasteiger partial charge in [0, 0.05) is 39.4 Å². The van der Waals surface area contributed by atoms with Gasteiger partial charge in [0.15, 0.2) is 0 Å². The van der Waals surface area contributed by atoms with Crippen LogP contribution in [-0.2, 0) is 4.79 Å². The summed E-state index contributed by atoms with van der Waals surface area (Å²) in [7, 11) is 1.55. The Balaban J connectivity index is 1.39. The van der Waals surface area contributed by atoms with Crippen LogP contribution >= 0.6 is 35.0 Å². The van der Waals surface area contributed by atoms with Crippen LogP contribution in [0.15, 0.2) is 53.6 Å². The number of hydrogen-bond donors (Lipinski definition) is 2. The number of benzene rings is 2. The molecule has 1 amide bonds. The fraction of sp³-hybridized carbons (Fsp3) is 0.407. The minimum atomic E-state index is -1.40. The SMILES string of the molecule is COc1ccc2ncc(Cl)c(C(F)CCC3(C(=O)NO)CCN(CCSc4ccc(Cl)cc4)CC3)c2c1. The second-order valence-electron chi connectivity index (χ2n) is 9.27. The van der Waals surface area contributed by atoms with Crippen molar-refractivity contribution in [3.05, 3.63) is 64.3 Å². The summed E-state index contributed by atoms with van der Waals surface area (Å²) in [5.41, 5.74) is 1.96. The molecular weight excluding hydrogens is 536 g/mol. The summed E-state index contributed by atoms with van der Waals surface area (Å²) in [6.45, 7) is 2.26. The van der Waals surface area contributed by atoms with E-state index in [0.29, 0.717) is 53.2 Å². The van der Waals surface area contributed by atoms with Crippen LogP contribution in [0.5, 0.6) is 5.75 Å². The Kier molecular flexibility index (Phi) is 9.53. The molecule has 37 heavy (non-hydrogen) atoms. The average Bonchev–Trinajstić information content (AvgIpc) is 2.92. The monoisotopic (exact) mass is 565 g/mol. The highest BCUT2D eigenvalue weighted by Gasteiger charge is 2.41. The number of nitrogens with one attached hydrogen (secondary N) is 1. The topological polar surface area (TPSA) is 74.7 Å².